The molecule has 13 heavy (non-hydrogen) atoms. The third kappa shape index (κ3) is 4.99. The van der Waals surface area contributed by atoms with Crippen LogP contribution in [0.3, 0.4) is 0 Å². The van der Waals surface area contributed by atoms with Crippen LogP contribution in [0.5, 0.6) is 0 Å². The van der Waals surface area contributed by atoms with E-state index in [1.165, 1.54) is 32.1 Å². The third-order valence-corrected chi connectivity index (χ3v) is 3.66. The smallest absolute Gasteiger partial charge is 0.192 e. The normalized spacial score (nSPS) is 28.8. The van der Waals surface area contributed by atoms with E-state index in [1.807, 2.05) is 22.6 Å². The van der Waals surface area contributed by atoms with Crippen molar-refractivity contribution in [1.82, 2.24) is 0 Å². The maximum atomic E-state index is 10.7. The first-order valence-electron chi connectivity index (χ1n) is 5.37. The second-order valence-corrected chi connectivity index (χ2v) is 5.58. The van der Waals surface area contributed by atoms with Gasteiger partial charge in [-0.2, -0.15) is 0 Å². The first-order chi connectivity index (χ1) is 6.18. The number of rotatable bonds is 4. The lowest BCUT2D eigenvalue weighted by Crippen LogP contribution is -2.12. The molecule has 1 aliphatic carbocycles. The lowest BCUT2D eigenvalue weighted by molar-refractivity contribution is -0.109. The van der Waals surface area contributed by atoms with Crippen LogP contribution in [0.1, 0.15) is 51.9 Å². The molecule has 0 aliphatic heterocycles. The number of hydrogen-bond acceptors (Lipinski definition) is 1. The number of carbonyl (C=O) groups excluding carboxylic acids is 1. The highest BCUT2D eigenvalue weighted by atomic mass is 127. The molecule has 0 saturated heterocycles. The van der Waals surface area contributed by atoms with Crippen molar-refractivity contribution in [2.75, 3.05) is 0 Å². The molecule has 76 valence electrons. The Bertz CT molecular complexity index is 159. The Hall–Kier alpha value is 0.400. The van der Waals surface area contributed by atoms with Crippen molar-refractivity contribution in [2.24, 2.45) is 11.8 Å². The number of halogens is 1. The molecule has 0 radical (unpaired) electrons. The number of hydrogen-bond donors (Lipinski definition) is 0. The molecular weight excluding hydrogens is 275 g/mol. The maximum Gasteiger partial charge on any atom is 0.192 e. The summed E-state index contributed by atoms with van der Waals surface area (Å²) in [4.78, 5) is 10.7. The summed E-state index contributed by atoms with van der Waals surface area (Å²) in [5.74, 6) is 1.87. The average Bonchev–Trinajstić information content (AvgIpc) is 2.08. The molecule has 0 bridgehead atoms. The summed E-state index contributed by atoms with van der Waals surface area (Å²) < 4.78 is 0.321. The average molecular weight is 294 g/mol. The van der Waals surface area contributed by atoms with Crippen molar-refractivity contribution < 1.29 is 4.79 Å². The van der Waals surface area contributed by atoms with Crippen LogP contribution in [0.15, 0.2) is 0 Å². The van der Waals surface area contributed by atoms with Crippen molar-refractivity contribution in [1.29, 1.82) is 0 Å². The van der Waals surface area contributed by atoms with Gasteiger partial charge in [0.05, 0.1) is 0 Å². The Morgan fingerprint density at radius 2 is 1.92 bits per heavy atom. The molecule has 1 rings (SSSR count). The SMILES string of the molecule is CC1CCC(CCCC(=O)I)CC1. The van der Waals surface area contributed by atoms with Gasteiger partial charge in [0.1, 0.15) is 0 Å². The summed E-state index contributed by atoms with van der Waals surface area (Å²) in [7, 11) is 0. The Labute approximate surface area is 94.8 Å². The van der Waals surface area contributed by atoms with Gasteiger partial charge in [-0.3, -0.25) is 4.79 Å². The summed E-state index contributed by atoms with van der Waals surface area (Å²) in [5.41, 5.74) is 0. The van der Waals surface area contributed by atoms with Gasteiger partial charge < -0.3 is 0 Å². The monoisotopic (exact) mass is 294 g/mol. The van der Waals surface area contributed by atoms with Gasteiger partial charge in [0, 0.05) is 6.42 Å². The van der Waals surface area contributed by atoms with Gasteiger partial charge in [0.25, 0.3) is 0 Å². The molecule has 0 amide bonds. The molecule has 1 aliphatic rings. The van der Waals surface area contributed by atoms with Crippen molar-refractivity contribution in [2.45, 2.75) is 51.9 Å². The van der Waals surface area contributed by atoms with Crippen molar-refractivity contribution >= 4 is 26.4 Å². The van der Waals surface area contributed by atoms with Gasteiger partial charge >= 0.3 is 0 Å². The first-order valence-corrected chi connectivity index (χ1v) is 6.44. The molecule has 0 aromatic heterocycles. The first kappa shape index (κ1) is 11.5. The molecule has 2 heteroatoms. The summed E-state index contributed by atoms with van der Waals surface area (Å²) >= 11 is 1.90. The zero-order valence-corrected chi connectivity index (χ0v) is 10.5. The molecular formula is C11H19IO. The zero-order valence-electron chi connectivity index (χ0n) is 8.39. The predicted octanol–water partition coefficient (Wildman–Crippen LogP) is 3.94. The van der Waals surface area contributed by atoms with E-state index in [0.29, 0.717) is 3.79 Å². The van der Waals surface area contributed by atoms with Crippen molar-refractivity contribution in [3.8, 4) is 0 Å². The van der Waals surface area contributed by atoms with Crippen LogP contribution in [0.2, 0.25) is 0 Å². The molecule has 0 aromatic rings. The highest BCUT2D eigenvalue weighted by Crippen LogP contribution is 2.31. The fraction of sp³-hybridized carbons (Fsp3) is 0.909. The van der Waals surface area contributed by atoms with Crippen LogP contribution >= 0.6 is 22.6 Å². The minimum Gasteiger partial charge on any atom is -0.288 e. The Morgan fingerprint density at radius 3 is 2.46 bits per heavy atom. The lowest BCUT2D eigenvalue weighted by Gasteiger charge is -2.25. The summed E-state index contributed by atoms with van der Waals surface area (Å²) in [5, 5.41) is 0. The van der Waals surface area contributed by atoms with Gasteiger partial charge in [0.15, 0.2) is 3.79 Å². The molecule has 0 unspecified atom stereocenters. The van der Waals surface area contributed by atoms with Gasteiger partial charge in [-0.05, 0) is 47.3 Å². The highest BCUT2D eigenvalue weighted by Gasteiger charge is 2.17. The molecule has 0 spiro atoms. The fourth-order valence-electron chi connectivity index (χ4n) is 2.15. The summed E-state index contributed by atoms with van der Waals surface area (Å²) in [6, 6.07) is 0. The second kappa shape index (κ2) is 5.99. The standard InChI is InChI=1S/C11H19IO/c1-9-5-7-10(8-6-9)3-2-4-11(12)13/h9-10H,2-8H2,1H3. The molecule has 1 saturated carbocycles. The van der Waals surface area contributed by atoms with E-state index < -0.39 is 0 Å². The van der Waals surface area contributed by atoms with E-state index in [0.717, 1.165) is 24.7 Å². The van der Waals surface area contributed by atoms with E-state index in [9.17, 15) is 4.79 Å². The van der Waals surface area contributed by atoms with Crippen LogP contribution in [-0.2, 0) is 4.79 Å². The van der Waals surface area contributed by atoms with Gasteiger partial charge in [-0.1, -0.05) is 32.6 Å². The minimum absolute atomic E-state index is 0.321. The van der Waals surface area contributed by atoms with Gasteiger partial charge in [0.2, 0.25) is 0 Å². The van der Waals surface area contributed by atoms with Crippen molar-refractivity contribution in [3.05, 3.63) is 0 Å². The Morgan fingerprint density at radius 1 is 1.31 bits per heavy atom. The topological polar surface area (TPSA) is 17.1 Å². The Balaban J connectivity index is 2.05. The highest BCUT2D eigenvalue weighted by molar-refractivity contribution is 14.1. The van der Waals surface area contributed by atoms with Crippen LogP contribution < -0.4 is 0 Å². The van der Waals surface area contributed by atoms with E-state index in [1.54, 1.807) is 0 Å². The van der Waals surface area contributed by atoms with E-state index in [-0.39, 0.29) is 0 Å². The Kier molecular flexibility index (Phi) is 5.29. The largest absolute Gasteiger partial charge is 0.288 e. The van der Waals surface area contributed by atoms with Crippen LogP contribution in [0.4, 0.5) is 0 Å². The van der Waals surface area contributed by atoms with Gasteiger partial charge in [-0.25, -0.2) is 0 Å². The minimum atomic E-state index is 0.321. The fourth-order valence-corrected chi connectivity index (χ4v) is 2.53. The molecule has 0 atom stereocenters. The van der Waals surface area contributed by atoms with E-state index in [2.05, 4.69) is 6.92 Å². The van der Waals surface area contributed by atoms with Gasteiger partial charge in [-0.15, -0.1) is 0 Å². The van der Waals surface area contributed by atoms with E-state index >= 15 is 0 Å². The van der Waals surface area contributed by atoms with Crippen molar-refractivity contribution in [3.63, 3.8) is 0 Å². The summed E-state index contributed by atoms with van der Waals surface area (Å²) in [6.45, 7) is 2.35. The lowest BCUT2D eigenvalue weighted by atomic mass is 9.81. The number of carbonyl (C=O) groups is 1. The van der Waals surface area contributed by atoms with Crippen LogP contribution in [0.25, 0.3) is 0 Å². The molecule has 0 N–H and O–H groups in total. The molecule has 1 nitrogen and oxygen atoms in total. The maximum absolute atomic E-state index is 10.7. The zero-order chi connectivity index (χ0) is 9.68. The molecule has 0 heterocycles. The van der Waals surface area contributed by atoms with Crippen LogP contribution in [0, 0.1) is 11.8 Å². The van der Waals surface area contributed by atoms with E-state index in [4.69, 9.17) is 0 Å². The second-order valence-electron chi connectivity index (χ2n) is 4.37. The third-order valence-electron chi connectivity index (χ3n) is 3.12. The quantitative estimate of drug-likeness (QED) is 0.567. The molecule has 0 aromatic carbocycles. The predicted molar refractivity (Wildman–Crippen MR) is 64.0 cm³/mol. The summed E-state index contributed by atoms with van der Waals surface area (Å²) in [6.07, 6.45) is 8.79. The molecule has 1 fully saturated rings. The van der Waals surface area contributed by atoms with Crippen LogP contribution in [-0.4, -0.2) is 3.79 Å².